The van der Waals surface area contributed by atoms with Crippen molar-refractivity contribution in [3.05, 3.63) is 29.8 Å². The summed E-state index contributed by atoms with van der Waals surface area (Å²) >= 11 is 0. The first-order valence-electron chi connectivity index (χ1n) is 4.01. The van der Waals surface area contributed by atoms with Crippen LogP contribution in [0.2, 0.25) is 0 Å². The molecular weight excluding hydrogens is 174 g/mol. The van der Waals surface area contributed by atoms with E-state index in [0.29, 0.717) is 0 Å². The van der Waals surface area contributed by atoms with Gasteiger partial charge in [0.1, 0.15) is 0 Å². The van der Waals surface area contributed by atoms with Gasteiger partial charge in [-0.2, -0.15) is 0 Å². The van der Waals surface area contributed by atoms with Crippen LogP contribution >= 0.6 is 0 Å². The molecule has 0 spiro atoms. The monoisotopic (exact) mass is 186 g/mol. The van der Waals surface area contributed by atoms with Crippen LogP contribution in [0.15, 0.2) is 24.3 Å². The number of benzene rings is 1. The third-order valence-electron chi connectivity index (χ3n) is 1.81. The number of nitrogen functional groups attached to an aromatic ring is 1. The Bertz CT molecular complexity index is 287. The van der Waals surface area contributed by atoms with E-state index in [1.165, 1.54) is 18.2 Å². The molecule has 2 nitrogen and oxygen atoms in total. The number of hydrogen-bond donors (Lipinski definition) is 2. The summed E-state index contributed by atoms with van der Waals surface area (Å²) in [5, 5.41) is 0. The van der Waals surface area contributed by atoms with E-state index in [4.69, 9.17) is 11.5 Å². The van der Waals surface area contributed by atoms with Gasteiger partial charge >= 0.3 is 0 Å². The molecule has 0 atom stereocenters. The highest BCUT2D eigenvalue weighted by atomic mass is 19.3. The molecule has 0 fully saturated rings. The third kappa shape index (κ3) is 2.15. The zero-order valence-electron chi connectivity index (χ0n) is 7.13. The van der Waals surface area contributed by atoms with Crippen molar-refractivity contribution in [3.8, 4) is 0 Å². The van der Waals surface area contributed by atoms with Crippen LogP contribution in [0.4, 0.5) is 14.5 Å². The van der Waals surface area contributed by atoms with Crippen LogP contribution < -0.4 is 11.5 Å². The maximum atomic E-state index is 13.3. The number of para-hydroxylation sites is 1. The molecule has 1 rings (SSSR count). The molecule has 0 saturated heterocycles. The van der Waals surface area contributed by atoms with Gasteiger partial charge in [0.15, 0.2) is 0 Å². The number of nitrogens with two attached hydrogens (primary N) is 2. The van der Waals surface area contributed by atoms with Crippen molar-refractivity contribution < 1.29 is 8.78 Å². The molecule has 0 aliphatic rings. The molecule has 13 heavy (non-hydrogen) atoms. The lowest BCUT2D eigenvalue weighted by molar-refractivity contribution is -0.00988. The average Bonchev–Trinajstić information content (AvgIpc) is 2.04. The smallest absolute Gasteiger partial charge is 0.276 e. The lowest BCUT2D eigenvalue weighted by Crippen LogP contribution is -2.19. The van der Waals surface area contributed by atoms with Crippen molar-refractivity contribution in [1.82, 2.24) is 0 Å². The molecule has 1 aromatic rings. The fraction of sp³-hybridized carbons (Fsp3) is 0.333. The number of anilines is 1. The maximum Gasteiger partial charge on any atom is 0.276 e. The highest BCUT2D eigenvalue weighted by Crippen LogP contribution is 2.34. The summed E-state index contributed by atoms with van der Waals surface area (Å²) in [6.07, 6.45) is -0.374. The van der Waals surface area contributed by atoms with E-state index in [2.05, 4.69) is 0 Å². The molecule has 0 bridgehead atoms. The Morgan fingerprint density at radius 3 is 2.38 bits per heavy atom. The van der Waals surface area contributed by atoms with Gasteiger partial charge in [0.05, 0.1) is 0 Å². The average molecular weight is 186 g/mol. The third-order valence-corrected chi connectivity index (χ3v) is 1.81. The Hall–Kier alpha value is -1.16. The summed E-state index contributed by atoms with van der Waals surface area (Å²) < 4.78 is 26.5. The lowest BCUT2D eigenvalue weighted by Gasteiger charge is -2.17. The van der Waals surface area contributed by atoms with E-state index in [9.17, 15) is 8.78 Å². The molecule has 0 aliphatic heterocycles. The summed E-state index contributed by atoms with van der Waals surface area (Å²) in [7, 11) is 0. The highest BCUT2D eigenvalue weighted by molar-refractivity contribution is 5.48. The second-order valence-electron chi connectivity index (χ2n) is 2.83. The normalized spacial score (nSPS) is 11.6. The van der Waals surface area contributed by atoms with Gasteiger partial charge in [0, 0.05) is 17.7 Å². The Balaban J connectivity index is 2.99. The topological polar surface area (TPSA) is 52.0 Å². The zero-order valence-corrected chi connectivity index (χ0v) is 7.13. The van der Waals surface area contributed by atoms with E-state index >= 15 is 0 Å². The largest absolute Gasteiger partial charge is 0.398 e. The van der Waals surface area contributed by atoms with Crippen molar-refractivity contribution in [2.45, 2.75) is 12.3 Å². The van der Waals surface area contributed by atoms with E-state index < -0.39 is 5.92 Å². The Morgan fingerprint density at radius 1 is 1.23 bits per heavy atom. The molecule has 0 heterocycles. The maximum absolute atomic E-state index is 13.3. The molecule has 72 valence electrons. The summed E-state index contributed by atoms with van der Waals surface area (Å²) in [6, 6.07) is 5.94. The summed E-state index contributed by atoms with van der Waals surface area (Å²) in [6.45, 7) is -0.0542. The van der Waals surface area contributed by atoms with Crippen LogP contribution in [-0.4, -0.2) is 6.54 Å². The molecule has 1 aromatic carbocycles. The predicted molar refractivity (Wildman–Crippen MR) is 48.4 cm³/mol. The van der Waals surface area contributed by atoms with Gasteiger partial charge < -0.3 is 11.5 Å². The van der Waals surface area contributed by atoms with Crippen LogP contribution in [0.3, 0.4) is 0 Å². The van der Waals surface area contributed by atoms with Crippen molar-refractivity contribution >= 4 is 5.69 Å². The fourth-order valence-corrected chi connectivity index (χ4v) is 1.15. The van der Waals surface area contributed by atoms with Gasteiger partial charge in [-0.1, -0.05) is 18.2 Å². The van der Waals surface area contributed by atoms with E-state index in [-0.39, 0.29) is 24.2 Å². The Labute approximate surface area is 75.5 Å². The molecule has 4 N–H and O–H groups in total. The number of hydrogen-bond acceptors (Lipinski definition) is 2. The highest BCUT2D eigenvalue weighted by Gasteiger charge is 2.31. The molecule has 0 unspecified atom stereocenters. The van der Waals surface area contributed by atoms with E-state index in [0.717, 1.165) is 0 Å². The minimum Gasteiger partial charge on any atom is -0.398 e. The molecule has 0 saturated carbocycles. The van der Waals surface area contributed by atoms with Gasteiger partial charge in [-0.25, -0.2) is 8.78 Å². The molecule has 0 radical (unpaired) electrons. The minimum absolute atomic E-state index is 0.0542. The number of rotatable bonds is 3. The quantitative estimate of drug-likeness (QED) is 0.706. The van der Waals surface area contributed by atoms with Crippen molar-refractivity contribution in [2.75, 3.05) is 12.3 Å². The second-order valence-corrected chi connectivity index (χ2v) is 2.83. The molecular formula is C9H12F2N2. The van der Waals surface area contributed by atoms with Crippen LogP contribution in [-0.2, 0) is 5.92 Å². The first kappa shape index (κ1) is 9.92. The fourth-order valence-electron chi connectivity index (χ4n) is 1.15. The van der Waals surface area contributed by atoms with Crippen molar-refractivity contribution in [1.29, 1.82) is 0 Å². The summed E-state index contributed by atoms with van der Waals surface area (Å²) in [4.78, 5) is 0. The second kappa shape index (κ2) is 3.70. The first-order chi connectivity index (χ1) is 6.08. The van der Waals surface area contributed by atoms with E-state index in [1.807, 2.05) is 0 Å². The van der Waals surface area contributed by atoms with E-state index in [1.54, 1.807) is 6.07 Å². The van der Waals surface area contributed by atoms with Crippen LogP contribution in [0.5, 0.6) is 0 Å². The predicted octanol–water partition coefficient (Wildman–Crippen LogP) is 1.71. The summed E-state index contributed by atoms with van der Waals surface area (Å²) in [5.41, 5.74) is 10.5. The lowest BCUT2D eigenvalue weighted by atomic mass is 10.0. The summed E-state index contributed by atoms with van der Waals surface area (Å²) in [5.74, 6) is -2.92. The van der Waals surface area contributed by atoms with Crippen LogP contribution in [0, 0.1) is 0 Å². The minimum atomic E-state index is -2.92. The Kier molecular flexibility index (Phi) is 2.83. The standard InChI is InChI=1S/C9H12F2N2/c10-9(11,5-6-12)7-3-1-2-4-8(7)13/h1-4H,5-6,12-13H2. The molecule has 0 aliphatic carbocycles. The van der Waals surface area contributed by atoms with Gasteiger partial charge in [-0.15, -0.1) is 0 Å². The van der Waals surface area contributed by atoms with Gasteiger partial charge in [0.2, 0.25) is 0 Å². The van der Waals surface area contributed by atoms with Crippen LogP contribution in [0.1, 0.15) is 12.0 Å². The Morgan fingerprint density at radius 2 is 1.85 bits per heavy atom. The zero-order chi connectivity index (χ0) is 9.90. The number of halogens is 2. The number of alkyl halides is 2. The molecule has 0 aromatic heterocycles. The van der Waals surface area contributed by atoms with Crippen molar-refractivity contribution in [3.63, 3.8) is 0 Å². The van der Waals surface area contributed by atoms with Crippen molar-refractivity contribution in [2.24, 2.45) is 5.73 Å². The SMILES string of the molecule is NCCC(F)(F)c1ccccc1N. The van der Waals surface area contributed by atoms with Gasteiger partial charge in [-0.05, 0) is 12.6 Å². The van der Waals surface area contributed by atoms with Crippen LogP contribution in [0.25, 0.3) is 0 Å². The molecule has 0 amide bonds. The first-order valence-corrected chi connectivity index (χ1v) is 4.01. The van der Waals surface area contributed by atoms with Gasteiger partial charge in [-0.3, -0.25) is 0 Å². The van der Waals surface area contributed by atoms with Gasteiger partial charge in [0.25, 0.3) is 5.92 Å². The molecule has 4 heteroatoms.